The van der Waals surface area contributed by atoms with E-state index >= 15 is 4.39 Å². The maximum Gasteiger partial charge on any atom is 0.407 e. The number of hydrogen-bond acceptors (Lipinski definition) is 17. The van der Waals surface area contributed by atoms with E-state index < -0.39 is 98.7 Å². The minimum Gasteiger partial charge on any atom is -0.494 e. The van der Waals surface area contributed by atoms with E-state index in [0.717, 1.165) is 12.3 Å². The van der Waals surface area contributed by atoms with E-state index in [9.17, 15) is 37.4 Å². The number of alkyl carbamates (subject to hydrolysis) is 1. The number of nitrogens with one attached hydrogen (secondary N) is 4. The molecule has 2 aliphatic heterocycles. The fourth-order valence-electron chi connectivity index (χ4n) is 8.15. The smallest absolute Gasteiger partial charge is 0.407 e. The van der Waals surface area contributed by atoms with Crippen LogP contribution in [0.4, 0.5) is 25.2 Å². The second kappa shape index (κ2) is 29.6. The van der Waals surface area contributed by atoms with Crippen LogP contribution in [0.2, 0.25) is 0 Å². The van der Waals surface area contributed by atoms with Crippen molar-refractivity contribution in [1.29, 1.82) is 0 Å². The fourth-order valence-corrected chi connectivity index (χ4v) is 9.49. The lowest BCUT2D eigenvalue weighted by Gasteiger charge is -2.30. The fraction of sp³-hybridized carbons (Fsp3) is 0.593. The molecule has 25 heteroatoms. The number of esters is 1. The van der Waals surface area contributed by atoms with Crippen LogP contribution in [-0.2, 0) is 63.1 Å². The van der Waals surface area contributed by atoms with Crippen LogP contribution in [0.25, 0.3) is 11.3 Å². The Hall–Kier alpha value is -6.57. The summed E-state index contributed by atoms with van der Waals surface area (Å²) in [4.78, 5) is 90.0. The molecule has 3 heterocycles. The highest BCUT2D eigenvalue weighted by Crippen LogP contribution is 2.33. The van der Waals surface area contributed by atoms with Gasteiger partial charge in [0.05, 0.1) is 81.0 Å². The molecule has 0 radical (unpaired) electrons. The van der Waals surface area contributed by atoms with Crippen LogP contribution in [0.1, 0.15) is 99.5 Å². The van der Waals surface area contributed by atoms with Gasteiger partial charge in [-0.3, -0.25) is 24.0 Å². The van der Waals surface area contributed by atoms with Crippen LogP contribution < -0.4 is 30.7 Å². The summed E-state index contributed by atoms with van der Waals surface area (Å²) in [6, 6.07) is 4.88. The van der Waals surface area contributed by atoms with Crippen LogP contribution >= 0.6 is 0 Å². The predicted molar refractivity (Wildman–Crippen MR) is 288 cm³/mol. The lowest BCUT2D eigenvalue weighted by Crippen LogP contribution is -2.56. The Bertz CT molecular complexity index is 2730. The number of anilines is 2. The van der Waals surface area contributed by atoms with E-state index in [4.69, 9.17) is 33.2 Å². The number of likely N-dealkylation sites (tertiary alicyclic amines) is 1. The Balaban J connectivity index is 1.19. The molecule has 0 saturated carbocycles. The number of fused-ring (bicyclic) bond motifs is 6. The van der Waals surface area contributed by atoms with Crippen LogP contribution in [-0.4, -0.2) is 156 Å². The zero-order valence-corrected chi connectivity index (χ0v) is 47.4. The van der Waals surface area contributed by atoms with Crippen LogP contribution in [0.3, 0.4) is 0 Å². The molecule has 1 saturated heterocycles. The average molecular weight is 1130 g/mol. The van der Waals surface area contributed by atoms with E-state index in [2.05, 4.69) is 35.6 Å². The Morgan fingerprint density at radius 1 is 0.861 bits per heavy atom. The van der Waals surface area contributed by atoms with Gasteiger partial charge in [0.25, 0.3) is 5.91 Å². The first-order chi connectivity index (χ1) is 37.3. The highest BCUT2D eigenvalue weighted by atomic mass is 32.2. The molecular formula is C54H76F2N8O14S. The molecule has 79 heavy (non-hydrogen) atoms. The molecule has 2 aliphatic rings. The van der Waals surface area contributed by atoms with Gasteiger partial charge < -0.3 is 59.3 Å². The largest absolute Gasteiger partial charge is 0.494 e. The van der Waals surface area contributed by atoms with Crippen molar-refractivity contribution in [3.8, 4) is 22.8 Å². The standard InChI is InChI=1S/C54H76F2N8O14S/c1-34(2)46(49(68)63-79(9,71)33-35-27-37-30-38(28-35)75-19-10-11-20-76-43-29-36(55)14-15-39(43)47-40(56)32-58-51(59-37)62-47)61-48(67)42-13-12-18-64(42)50(69)41(31-45(66)77-53(3,4)5)60-44(65)16-21-72-23-25-74-26-24-73-22-17-57-52(70)78-54(6,7)8/h14-15,27-30,32,34,41-42,46H,10-13,16-26,31,33H2,1-9H3,(H,57,70)(H,60,65)(H,61,67)(H,58,59,62)/t41-,42-,46-,79-/m0/s1. The van der Waals surface area contributed by atoms with E-state index in [-0.39, 0.29) is 107 Å². The van der Waals surface area contributed by atoms with E-state index in [1.54, 1.807) is 73.6 Å². The first-order valence-electron chi connectivity index (χ1n) is 26.3. The lowest BCUT2D eigenvalue weighted by molar-refractivity contribution is -0.157. The monoisotopic (exact) mass is 1130 g/mol. The molecule has 4 N–H and O–H groups in total. The minimum absolute atomic E-state index is 0.0209. The van der Waals surface area contributed by atoms with Crippen molar-refractivity contribution in [2.24, 2.45) is 10.3 Å². The summed E-state index contributed by atoms with van der Waals surface area (Å²) in [5.41, 5.74) is -0.590. The first-order valence-corrected chi connectivity index (χ1v) is 28.4. The van der Waals surface area contributed by atoms with Gasteiger partial charge >= 0.3 is 12.1 Å². The summed E-state index contributed by atoms with van der Waals surface area (Å²) >= 11 is 0. The molecule has 1 aromatic heterocycles. The normalized spacial score (nSPS) is 16.2. The lowest BCUT2D eigenvalue weighted by atomic mass is 10.0. The molecule has 0 unspecified atom stereocenters. The second-order valence-electron chi connectivity index (χ2n) is 21.3. The molecule has 4 bridgehead atoms. The average Bonchev–Trinajstić information content (AvgIpc) is 3.85. The van der Waals surface area contributed by atoms with Gasteiger partial charge in [0.15, 0.2) is 5.82 Å². The summed E-state index contributed by atoms with van der Waals surface area (Å²) in [7, 11) is -3.36. The number of carbonyl (C=O) groups is 6. The number of ether oxygens (including phenoxy) is 7. The Morgan fingerprint density at radius 3 is 2.22 bits per heavy atom. The zero-order valence-electron chi connectivity index (χ0n) is 46.5. The highest BCUT2D eigenvalue weighted by molar-refractivity contribution is 7.92. The predicted octanol–water partition coefficient (Wildman–Crippen LogP) is 6.15. The van der Waals surface area contributed by atoms with Crippen LogP contribution in [0.15, 0.2) is 47.0 Å². The second-order valence-corrected chi connectivity index (χ2v) is 23.7. The van der Waals surface area contributed by atoms with E-state index in [1.807, 2.05) is 0 Å². The zero-order chi connectivity index (χ0) is 57.9. The van der Waals surface area contributed by atoms with Crippen molar-refractivity contribution in [1.82, 2.24) is 30.8 Å². The Kier molecular flexibility index (Phi) is 23.7. The summed E-state index contributed by atoms with van der Waals surface area (Å²) in [5, 5.41) is 11.0. The molecule has 1 fully saturated rings. The number of hydrogen-bond donors (Lipinski definition) is 4. The molecule has 0 spiro atoms. The van der Waals surface area contributed by atoms with Gasteiger partial charge in [-0.25, -0.2) is 27.8 Å². The van der Waals surface area contributed by atoms with Crippen LogP contribution in [0.5, 0.6) is 11.5 Å². The first kappa shape index (κ1) is 63.3. The third-order valence-corrected chi connectivity index (χ3v) is 13.0. The number of rotatable bonds is 22. The molecule has 436 valence electrons. The Labute approximate surface area is 460 Å². The summed E-state index contributed by atoms with van der Waals surface area (Å²) < 4.78 is 86.8. The van der Waals surface area contributed by atoms with Gasteiger partial charge in [0, 0.05) is 49.1 Å². The molecular weight excluding hydrogens is 1050 g/mol. The summed E-state index contributed by atoms with van der Waals surface area (Å²) in [6.45, 7) is 15.6. The minimum atomic E-state index is -3.36. The number of benzene rings is 2. The molecule has 5 amide bonds. The van der Waals surface area contributed by atoms with Gasteiger partial charge in [0.2, 0.25) is 23.7 Å². The van der Waals surface area contributed by atoms with Gasteiger partial charge in [-0.05, 0) is 103 Å². The SMILES string of the molecule is CC(C)[C@H](NC(=O)[C@@H]1CCCN1C(=O)[C@H](CC(=O)OC(C)(C)C)NC(=O)CCOCCOCCOCCNC(=O)OC(C)(C)C)C(=O)N=[S@@](C)(=O)Cc1cc2cc(c1)OCCCCOc1cc(F)ccc1-c1nc(ncc1F)N2. The summed E-state index contributed by atoms with van der Waals surface area (Å²) in [6.07, 6.45) is 2.69. The number of aromatic nitrogens is 2. The molecule has 3 aromatic rings. The van der Waals surface area contributed by atoms with Crippen LogP contribution in [0, 0.1) is 17.6 Å². The van der Waals surface area contributed by atoms with Crippen molar-refractivity contribution in [3.63, 3.8) is 0 Å². The topological polar surface area (TPSA) is 274 Å². The van der Waals surface area contributed by atoms with Gasteiger partial charge in [-0.1, -0.05) is 13.8 Å². The van der Waals surface area contributed by atoms with Gasteiger partial charge in [-0.2, -0.15) is 4.36 Å². The highest BCUT2D eigenvalue weighted by Gasteiger charge is 2.40. The number of nitrogens with zero attached hydrogens (tertiary/aromatic N) is 4. The molecule has 22 nitrogen and oxygen atoms in total. The number of halogens is 2. The third-order valence-electron chi connectivity index (χ3n) is 11.6. The van der Waals surface area contributed by atoms with Crippen molar-refractivity contribution in [2.75, 3.05) is 77.5 Å². The van der Waals surface area contributed by atoms with Crippen molar-refractivity contribution in [3.05, 3.63) is 59.8 Å². The summed E-state index contributed by atoms with van der Waals surface area (Å²) in [5.74, 6) is -5.26. The maximum atomic E-state index is 15.2. The maximum absolute atomic E-state index is 15.2. The van der Waals surface area contributed by atoms with Crippen molar-refractivity contribution in [2.45, 2.75) is 129 Å². The van der Waals surface area contributed by atoms with Gasteiger partial charge in [0.1, 0.15) is 52.3 Å². The van der Waals surface area contributed by atoms with Crippen molar-refractivity contribution < 1.29 is 74.9 Å². The molecule has 5 rings (SSSR count). The van der Waals surface area contributed by atoms with Gasteiger partial charge in [-0.15, -0.1) is 0 Å². The quantitative estimate of drug-likeness (QED) is 0.0648. The molecule has 2 aromatic carbocycles. The third kappa shape index (κ3) is 21.9. The number of amides is 5. The van der Waals surface area contributed by atoms with E-state index in [1.165, 1.54) is 23.3 Å². The van der Waals surface area contributed by atoms with E-state index in [0.29, 0.717) is 36.3 Å². The van der Waals surface area contributed by atoms with Crippen molar-refractivity contribution >= 4 is 57.1 Å². The number of carbonyl (C=O) groups excluding carboxylic acids is 6. The molecule has 0 aliphatic carbocycles. The molecule has 4 atom stereocenters. The Morgan fingerprint density at radius 2 is 1.53 bits per heavy atom.